The van der Waals surface area contributed by atoms with E-state index in [0.717, 1.165) is 4.57 Å². The third kappa shape index (κ3) is 4.80. The molecular weight excluding hydrogens is 435 g/mol. The normalized spacial score (nSPS) is 42.3. The second-order valence-electron chi connectivity index (χ2n) is 5.25. The smallest absolute Gasteiger partial charge is 0.351 e. The van der Waals surface area contributed by atoms with E-state index >= 15 is 0 Å². The van der Waals surface area contributed by atoms with Crippen molar-refractivity contribution in [2.45, 2.75) is 24.5 Å². The monoisotopic (exact) mass is 447 g/mol. The number of aliphatic hydroxyl groups excluding tert-OH is 2. The second kappa shape index (κ2) is 7.56. The molecule has 0 radical (unpaired) electrons. The van der Waals surface area contributed by atoms with Crippen LogP contribution in [0.15, 0.2) is 17.1 Å². The van der Waals surface area contributed by atoms with Gasteiger partial charge in [-0.25, -0.2) is 17.7 Å². The Labute approximate surface area is 151 Å². The second-order valence-corrected chi connectivity index (χ2v) is 9.70. The van der Waals surface area contributed by atoms with Gasteiger partial charge >= 0.3 is 14.3 Å². The van der Waals surface area contributed by atoms with Gasteiger partial charge in [-0.3, -0.25) is 13.7 Å². The molecule has 2 aliphatic rings. The van der Waals surface area contributed by atoms with Crippen LogP contribution in [0.3, 0.4) is 0 Å². The fourth-order valence-electron chi connectivity index (χ4n) is 2.23. The molecule has 18 heteroatoms. The third-order valence-electron chi connectivity index (χ3n) is 3.34. The molecule has 0 amide bonds. The summed E-state index contributed by atoms with van der Waals surface area (Å²) in [5, 5.41) is 20.1. The Morgan fingerprint density at radius 1 is 1.30 bits per heavy atom. The van der Waals surface area contributed by atoms with Crippen molar-refractivity contribution < 1.29 is 51.3 Å². The molecule has 15 nitrogen and oxygen atoms in total. The summed E-state index contributed by atoms with van der Waals surface area (Å²) in [6.07, 6.45) is -4.61. The quantitative estimate of drug-likeness (QED) is 0.412. The van der Waals surface area contributed by atoms with Crippen molar-refractivity contribution in [1.29, 1.82) is 0 Å². The van der Waals surface area contributed by atoms with Crippen LogP contribution in [-0.4, -0.2) is 44.7 Å². The average Bonchev–Trinajstić information content (AvgIpc) is 2.78. The first-order chi connectivity index (χ1) is 12.5. The number of hydrogen-bond donors (Lipinski definition) is 3. The van der Waals surface area contributed by atoms with Crippen LogP contribution >= 0.6 is 24.2 Å². The van der Waals surface area contributed by atoms with Crippen LogP contribution in [0.2, 0.25) is 0 Å². The first-order valence-corrected chi connectivity index (χ1v) is 11.0. The van der Waals surface area contributed by atoms with Crippen molar-refractivity contribution in [3.8, 4) is 0 Å². The number of phosphoric acid groups is 2. The van der Waals surface area contributed by atoms with E-state index in [-0.39, 0.29) is 5.82 Å². The van der Waals surface area contributed by atoms with Crippen molar-refractivity contribution in [2.75, 3.05) is 12.3 Å². The van der Waals surface area contributed by atoms with E-state index in [2.05, 4.69) is 17.9 Å². The van der Waals surface area contributed by atoms with Crippen molar-refractivity contribution in [2.24, 2.45) is 0 Å². The van der Waals surface area contributed by atoms with Gasteiger partial charge < -0.3 is 35.0 Å². The molecule has 27 heavy (non-hydrogen) atoms. The molecule has 6 unspecified atom stereocenters. The lowest BCUT2D eigenvalue weighted by Gasteiger charge is -2.38. The molecule has 0 spiro atoms. The Morgan fingerprint density at radius 2 is 1.93 bits per heavy atom. The zero-order valence-electron chi connectivity index (χ0n) is 13.0. The number of nitrogens with zero attached hydrogens (tertiary/aromatic N) is 2. The molecule has 3 heterocycles. The van der Waals surface area contributed by atoms with Crippen LogP contribution in [0.5, 0.6) is 0 Å². The number of aromatic nitrogens is 2. The van der Waals surface area contributed by atoms with Gasteiger partial charge in [-0.2, -0.15) is 4.98 Å². The van der Waals surface area contributed by atoms with E-state index in [1.165, 1.54) is 12.3 Å². The summed E-state index contributed by atoms with van der Waals surface area (Å²) in [6.45, 7) is -0.641. The largest absolute Gasteiger partial charge is 0.756 e. The summed E-state index contributed by atoms with van der Waals surface area (Å²) >= 11 is 0. The van der Waals surface area contributed by atoms with Crippen LogP contribution in [0.4, 0.5) is 5.82 Å². The van der Waals surface area contributed by atoms with Crippen LogP contribution in [0.25, 0.3) is 0 Å². The minimum Gasteiger partial charge on any atom is -0.756 e. The summed E-state index contributed by atoms with van der Waals surface area (Å²) in [4.78, 5) is 37.6. The summed E-state index contributed by atoms with van der Waals surface area (Å²) in [5.74, 6) is -0.0649. The number of hydrogen-bond acceptors (Lipinski definition) is 14. The maximum absolute atomic E-state index is 11.8. The van der Waals surface area contributed by atoms with Crippen molar-refractivity contribution >= 4 is 30.1 Å². The molecular formula is C9H12N3O12P3-2. The number of anilines is 1. The summed E-state index contributed by atoms with van der Waals surface area (Å²) in [7, 11) is -13.3. The van der Waals surface area contributed by atoms with Gasteiger partial charge in [0.2, 0.25) is 0 Å². The fraction of sp³-hybridized carbons (Fsp3) is 0.556. The lowest BCUT2D eigenvalue weighted by molar-refractivity contribution is -0.240. The Bertz CT molecular complexity index is 840. The summed E-state index contributed by atoms with van der Waals surface area (Å²) < 4.78 is 45.5. The molecule has 1 aromatic rings. The Morgan fingerprint density at radius 3 is 2.52 bits per heavy atom. The molecule has 2 fully saturated rings. The van der Waals surface area contributed by atoms with Gasteiger partial charge in [0.1, 0.15) is 24.1 Å². The molecule has 0 aliphatic carbocycles. The highest BCUT2D eigenvalue weighted by atomic mass is 31.3. The van der Waals surface area contributed by atoms with Crippen molar-refractivity contribution in [3.63, 3.8) is 0 Å². The predicted molar refractivity (Wildman–Crippen MR) is 80.2 cm³/mol. The van der Waals surface area contributed by atoms with Crippen molar-refractivity contribution in [3.05, 3.63) is 22.7 Å². The van der Waals surface area contributed by atoms with E-state index in [4.69, 9.17) is 15.0 Å². The standard InChI is InChI=1S/C9H14N3O12P3/c10-5-1-2-12(9(15)11-5)8-7(14)6(13)4(21-8)3-20-25-22-26(16,17)24-27(18,19)23-25/h1-2,4,6-8,13-14H,3H2,(H,16,17)(H,18,19)(H2,10,11,15)/p-2. The highest BCUT2D eigenvalue weighted by molar-refractivity contribution is 7.71. The van der Waals surface area contributed by atoms with Crippen LogP contribution < -0.4 is 21.2 Å². The van der Waals surface area contributed by atoms with E-state index < -0.39 is 61.1 Å². The number of nitrogen functional groups attached to an aromatic ring is 1. The zero-order valence-corrected chi connectivity index (χ0v) is 15.6. The Hall–Kier alpha value is -0.790. The fourth-order valence-corrected chi connectivity index (χ4v) is 6.32. The molecule has 0 bridgehead atoms. The van der Waals surface area contributed by atoms with Crippen LogP contribution in [-0.2, 0) is 31.3 Å². The van der Waals surface area contributed by atoms with E-state index in [9.17, 15) is 33.9 Å². The maximum atomic E-state index is 11.8. The first-order valence-electron chi connectivity index (χ1n) is 7.00. The molecule has 2 saturated heterocycles. The molecule has 4 N–H and O–H groups in total. The van der Waals surface area contributed by atoms with Gasteiger partial charge in [0, 0.05) is 6.20 Å². The lowest BCUT2D eigenvalue weighted by atomic mass is 10.1. The van der Waals surface area contributed by atoms with Gasteiger partial charge in [-0.05, 0) is 6.07 Å². The van der Waals surface area contributed by atoms with Crippen LogP contribution in [0.1, 0.15) is 6.23 Å². The maximum Gasteiger partial charge on any atom is 0.351 e. The molecule has 152 valence electrons. The predicted octanol–water partition coefficient (Wildman–Crippen LogP) is -2.31. The molecule has 1 aromatic heterocycles. The summed E-state index contributed by atoms with van der Waals surface area (Å²) in [5.41, 5.74) is 4.51. The number of aliphatic hydroxyl groups is 2. The highest BCUT2D eigenvalue weighted by Gasteiger charge is 2.45. The van der Waals surface area contributed by atoms with Gasteiger partial charge in [-0.1, -0.05) is 0 Å². The Kier molecular flexibility index (Phi) is 5.86. The highest BCUT2D eigenvalue weighted by Crippen LogP contribution is 2.73. The number of nitrogens with two attached hydrogens (primary N) is 1. The topological polar surface area (TPSA) is 228 Å². The lowest BCUT2D eigenvalue weighted by Crippen LogP contribution is -2.36. The van der Waals surface area contributed by atoms with Crippen molar-refractivity contribution in [1.82, 2.24) is 9.55 Å². The van der Waals surface area contributed by atoms with Gasteiger partial charge in [0.05, 0.1) is 6.61 Å². The minimum absolute atomic E-state index is 0.0649. The molecule has 2 aliphatic heterocycles. The van der Waals surface area contributed by atoms with Gasteiger partial charge in [-0.15, -0.1) is 0 Å². The number of rotatable bonds is 4. The van der Waals surface area contributed by atoms with Gasteiger partial charge in [0.25, 0.3) is 15.6 Å². The molecule has 3 rings (SSSR count). The van der Waals surface area contributed by atoms with E-state index in [1.54, 1.807) is 0 Å². The number of ether oxygens (including phenoxy) is 1. The third-order valence-corrected chi connectivity index (χ3v) is 7.97. The molecule has 6 atom stereocenters. The van der Waals surface area contributed by atoms with E-state index in [0.29, 0.717) is 0 Å². The Balaban J connectivity index is 1.67. The summed E-state index contributed by atoms with van der Waals surface area (Å²) in [6, 6.07) is 1.26. The molecule has 0 aromatic carbocycles. The van der Waals surface area contributed by atoms with Crippen LogP contribution in [0, 0.1) is 0 Å². The average molecular weight is 447 g/mol. The zero-order chi connectivity index (χ0) is 20.0. The minimum atomic E-state index is -5.19. The van der Waals surface area contributed by atoms with Gasteiger partial charge in [0.15, 0.2) is 6.23 Å². The molecule has 0 saturated carbocycles. The SMILES string of the molecule is Nc1ccn(C2OC(COP3OP(=O)([O-])OP(=O)([O-])O3)C(O)C2O)c(=O)n1. The first kappa shape index (κ1) is 20.9. The van der Waals surface area contributed by atoms with E-state index in [1.807, 2.05) is 0 Å².